The van der Waals surface area contributed by atoms with Crippen LogP contribution in [0.2, 0.25) is 0 Å². The van der Waals surface area contributed by atoms with Gasteiger partial charge in [-0.1, -0.05) is 60.7 Å². The molecular weight excluding hydrogens is 305 g/mol. The van der Waals surface area contributed by atoms with Crippen molar-refractivity contribution in [3.8, 4) is 0 Å². The van der Waals surface area contributed by atoms with E-state index in [1.54, 1.807) is 36.4 Å². The molecule has 0 saturated heterocycles. The molecule has 2 atom stereocenters. The Hall–Kier alpha value is -1.89. The van der Waals surface area contributed by atoms with Gasteiger partial charge in [0, 0.05) is 6.54 Å². The molecule has 0 fully saturated rings. The van der Waals surface area contributed by atoms with Gasteiger partial charge in [-0.25, -0.2) is 0 Å². The number of halogens is 3. The standard InChI is InChI=1S/C17H19F3N2O/c18-17(19,20)16(12-21,14-9-5-2-6-10-14)22-15(11-23)13-7-3-1-4-8-13/h1-10,15,22-23H,11-12,21H2/t15-,16-/m0/s1. The van der Waals surface area contributed by atoms with E-state index < -0.39 is 30.9 Å². The van der Waals surface area contributed by atoms with E-state index in [0.29, 0.717) is 5.56 Å². The van der Waals surface area contributed by atoms with Crippen LogP contribution < -0.4 is 11.1 Å². The first kappa shape index (κ1) is 17.5. The monoisotopic (exact) mass is 324 g/mol. The van der Waals surface area contributed by atoms with Gasteiger partial charge in [-0.05, 0) is 11.1 Å². The van der Waals surface area contributed by atoms with Crippen LogP contribution in [0.3, 0.4) is 0 Å². The van der Waals surface area contributed by atoms with Gasteiger partial charge in [0.15, 0.2) is 5.54 Å². The van der Waals surface area contributed by atoms with Crippen molar-refractivity contribution in [2.24, 2.45) is 5.73 Å². The van der Waals surface area contributed by atoms with Gasteiger partial charge in [0.25, 0.3) is 0 Å². The molecule has 0 unspecified atom stereocenters. The fourth-order valence-electron chi connectivity index (χ4n) is 2.56. The molecule has 0 aliphatic heterocycles. The van der Waals surface area contributed by atoms with Crippen LogP contribution in [0.4, 0.5) is 13.2 Å². The molecule has 6 heteroatoms. The third-order valence-electron chi connectivity index (χ3n) is 3.86. The van der Waals surface area contributed by atoms with Crippen LogP contribution in [-0.2, 0) is 5.54 Å². The summed E-state index contributed by atoms with van der Waals surface area (Å²) in [6.45, 7) is -1.15. The third-order valence-corrected chi connectivity index (χ3v) is 3.86. The highest BCUT2D eigenvalue weighted by Crippen LogP contribution is 2.40. The maximum atomic E-state index is 13.8. The number of hydrogen-bond acceptors (Lipinski definition) is 3. The summed E-state index contributed by atoms with van der Waals surface area (Å²) >= 11 is 0. The first-order valence-corrected chi connectivity index (χ1v) is 7.20. The Bertz CT molecular complexity index is 604. The van der Waals surface area contributed by atoms with Gasteiger partial charge in [-0.2, -0.15) is 13.2 Å². The normalized spacial score (nSPS) is 15.9. The van der Waals surface area contributed by atoms with Crippen molar-refractivity contribution in [1.82, 2.24) is 5.32 Å². The van der Waals surface area contributed by atoms with E-state index >= 15 is 0 Å². The summed E-state index contributed by atoms with van der Waals surface area (Å²) in [4.78, 5) is 0. The van der Waals surface area contributed by atoms with Gasteiger partial charge >= 0.3 is 6.18 Å². The molecule has 0 saturated carbocycles. The summed E-state index contributed by atoms with van der Waals surface area (Å²) in [6, 6.07) is 15.1. The molecule has 3 nitrogen and oxygen atoms in total. The quantitative estimate of drug-likeness (QED) is 0.766. The van der Waals surface area contributed by atoms with Crippen molar-refractivity contribution >= 4 is 0 Å². The SMILES string of the molecule is NC[C@](N[C@@H](CO)c1ccccc1)(c1ccccc1)C(F)(F)F. The summed E-state index contributed by atoms with van der Waals surface area (Å²) in [5, 5.41) is 12.1. The zero-order valence-corrected chi connectivity index (χ0v) is 12.4. The first-order valence-electron chi connectivity index (χ1n) is 7.20. The molecule has 0 spiro atoms. The number of rotatable bonds is 6. The number of nitrogens with one attached hydrogen (secondary N) is 1. The molecule has 2 rings (SSSR count). The van der Waals surface area contributed by atoms with Crippen LogP contribution in [0, 0.1) is 0 Å². The lowest BCUT2D eigenvalue weighted by molar-refractivity contribution is -0.201. The summed E-state index contributed by atoms with van der Waals surface area (Å²) in [7, 11) is 0. The fourth-order valence-corrected chi connectivity index (χ4v) is 2.56. The second kappa shape index (κ2) is 7.12. The Kier molecular flexibility index (Phi) is 5.41. The number of benzene rings is 2. The average Bonchev–Trinajstić information content (AvgIpc) is 2.57. The van der Waals surface area contributed by atoms with Gasteiger partial charge < -0.3 is 10.8 Å². The zero-order valence-electron chi connectivity index (χ0n) is 12.4. The van der Waals surface area contributed by atoms with E-state index in [2.05, 4.69) is 5.32 Å². The van der Waals surface area contributed by atoms with Crippen molar-refractivity contribution < 1.29 is 18.3 Å². The predicted molar refractivity (Wildman–Crippen MR) is 82.6 cm³/mol. The molecule has 0 aliphatic rings. The van der Waals surface area contributed by atoms with E-state index in [1.807, 2.05) is 0 Å². The largest absolute Gasteiger partial charge is 0.412 e. The van der Waals surface area contributed by atoms with Crippen LogP contribution in [0.5, 0.6) is 0 Å². The van der Waals surface area contributed by atoms with Crippen LogP contribution in [0.15, 0.2) is 60.7 Å². The summed E-state index contributed by atoms with van der Waals surface area (Å²) < 4.78 is 41.5. The Labute approximate surface area is 132 Å². The number of aliphatic hydroxyl groups excluding tert-OH is 1. The first-order chi connectivity index (χ1) is 10.9. The Morgan fingerprint density at radius 1 is 0.957 bits per heavy atom. The molecule has 0 amide bonds. The summed E-state index contributed by atoms with van der Waals surface area (Å²) in [5.74, 6) is 0. The van der Waals surface area contributed by atoms with Crippen molar-refractivity contribution in [2.45, 2.75) is 17.8 Å². The molecule has 0 aromatic heterocycles. The van der Waals surface area contributed by atoms with Gasteiger partial charge in [-0.15, -0.1) is 0 Å². The number of alkyl halides is 3. The molecule has 2 aromatic carbocycles. The van der Waals surface area contributed by atoms with Gasteiger partial charge in [0.2, 0.25) is 0 Å². The average molecular weight is 324 g/mol. The Morgan fingerprint density at radius 2 is 1.48 bits per heavy atom. The molecule has 4 N–H and O–H groups in total. The van der Waals surface area contributed by atoms with Crippen molar-refractivity contribution in [2.75, 3.05) is 13.2 Å². The Balaban J connectivity index is 2.46. The fraction of sp³-hybridized carbons (Fsp3) is 0.294. The molecule has 23 heavy (non-hydrogen) atoms. The van der Waals surface area contributed by atoms with E-state index in [1.165, 1.54) is 24.3 Å². The smallest absolute Gasteiger partial charge is 0.394 e. The molecule has 124 valence electrons. The van der Waals surface area contributed by atoms with Crippen LogP contribution in [0.1, 0.15) is 17.2 Å². The highest BCUT2D eigenvalue weighted by Gasteiger charge is 2.55. The van der Waals surface area contributed by atoms with Crippen molar-refractivity contribution in [3.63, 3.8) is 0 Å². The minimum Gasteiger partial charge on any atom is -0.394 e. The Morgan fingerprint density at radius 3 is 1.91 bits per heavy atom. The minimum absolute atomic E-state index is 0.0179. The van der Waals surface area contributed by atoms with Crippen molar-refractivity contribution in [1.29, 1.82) is 0 Å². The molecule has 0 radical (unpaired) electrons. The van der Waals surface area contributed by atoms with Gasteiger partial charge in [0.05, 0.1) is 12.6 Å². The molecule has 0 heterocycles. The summed E-state index contributed by atoms with van der Waals surface area (Å²) in [6.07, 6.45) is -4.62. The molecular formula is C17H19F3N2O. The lowest BCUT2D eigenvalue weighted by Crippen LogP contribution is -2.60. The second-order valence-electron chi connectivity index (χ2n) is 5.26. The van der Waals surface area contributed by atoms with Gasteiger partial charge in [0.1, 0.15) is 0 Å². The number of nitrogens with two attached hydrogens (primary N) is 1. The lowest BCUT2D eigenvalue weighted by atomic mass is 9.87. The van der Waals surface area contributed by atoms with E-state index in [4.69, 9.17) is 5.73 Å². The minimum atomic E-state index is -4.62. The zero-order chi connectivity index (χ0) is 16.9. The molecule has 2 aromatic rings. The van der Waals surface area contributed by atoms with Crippen molar-refractivity contribution in [3.05, 3.63) is 71.8 Å². The number of aliphatic hydroxyl groups is 1. The van der Waals surface area contributed by atoms with Gasteiger partial charge in [-0.3, -0.25) is 5.32 Å². The highest BCUT2D eigenvalue weighted by atomic mass is 19.4. The highest BCUT2D eigenvalue weighted by molar-refractivity contribution is 5.29. The van der Waals surface area contributed by atoms with Crippen LogP contribution in [0.25, 0.3) is 0 Å². The molecule has 0 bridgehead atoms. The maximum absolute atomic E-state index is 13.8. The predicted octanol–water partition coefficient (Wildman–Crippen LogP) is 2.73. The summed E-state index contributed by atoms with van der Waals surface area (Å²) in [5.41, 5.74) is 3.69. The lowest BCUT2D eigenvalue weighted by Gasteiger charge is -2.39. The van der Waals surface area contributed by atoms with Crippen LogP contribution >= 0.6 is 0 Å². The van der Waals surface area contributed by atoms with Crippen LogP contribution in [-0.4, -0.2) is 24.4 Å². The number of hydrogen-bond donors (Lipinski definition) is 3. The topological polar surface area (TPSA) is 58.3 Å². The third kappa shape index (κ3) is 3.55. The molecule has 0 aliphatic carbocycles. The van der Waals surface area contributed by atoms with E-state index in [-0.39, 0.29) is 5.56 Å². The van der Waals surface area contributed by atoms with E-state index in [9.17, 15) is 18.3 Å². The second-order valence-corrected chi connectivity index (χ2v) is 5.26. The van der Waals surface area contributed by atoms with E-state index in [0.717, 1.165) is 0 Å². The maximum Gasteiger partial charge on any atom is 0.412 e.